The van der Waals surface area contributed by atoms with Crippen molar-refractivity contribution < 1.29 is 0 Å². The van der Waals surface area contributed by atoms with Crippen molar-refractivity contribution >= 4 is 11.3 Å². The number of nitrogens with one attached hydrogen (secondary N) is 1. The number of hydrogen-bond donors (Lipinski definition) is 1. The summed E-state index contributed by atoms with van der Waals surface area (Å²) < 4.78 is 0. The van der Waals surface area contributed by atoms with Crippen LogP contribution in [0.25, 0.3) is 0 Å². The van der Waals surface area contributed by atoms with Gasteiger partial charge in [-0.2, -0.15) is 0 Å². The highest BCUT2D eigenvalue weighted by atomic mass is 32.1. The summed E-state index contributed by atoms with van der Waals surface area (Å²) in [7, 11) is 0. The Hall–Kier alpha value is -0.450. The Morgan fingerprint density at radius 2 is 2.24 bits per heavy atom. The van der Waals surface area contributed by atoms with Crippen molar-refractivity contribution in [1.29, 1.82) is 0 Å². The molecule has 1 aliphatic rings. The normalized spacial score (nSPS) is 17.8. The number of rotatable bonds is 5. The molecular formula is C13H23N3S. The molecule has 3 nitrogen and oxygen atoms in total. The Morgan fingerprint density at radius 1 is 1.47 bits per heavy atom. The van der Waals surface area contributed by atoms with Gasteiger partial charge < -0.3 is 5.32 Å². The van der Waals surface area contributed by atoms with Crippen LogP contribution in [0.15, 0.2) is 5.38 Å². The second-order valence-electron chi connectivity index (χ2n) is 4.90. The Bertz CT molecular complexity index is 331. The smallest absolute Gasteiger partial charge is 0.107 e. The van der Waals surface area contributed by atoms with Gasteiger partial charge in [-0.05, 0) is 45.3 Å². The summed E-state index contributed by atoms with van der Waals surface area (Å²) in [5.41, 5.74) is 1.16. The van der Waals surface area contributed by atoms with Gasteiger partial charge in [-0.1, -0.05) is 6.92 Å². The van der Waals surface area contributed by atoms with Crippen molar-refractivity contribution in [2.45, 2.75) is 33.2 Å². The summed E-state index contributed by atoms with van der Waals surface area (Å²) in [6.45, 7) is 10.1. The minimum atomic E-state index is 0.872. The summed E-state index contributed by atoms with van der Waals surface area (Å²) in [6.07, 6.45) is 2.65. The van der Waals surface area contributed by atoms with Crippen LogP contribution in [-0.2, 0) is 6.54 Å². The fraction of sp³-hybridized carbons (Fsp3) is 0.769. The lowest BCUT2D eigenvalue weighted by atomic mass is 9.97. The van der Waals surface area contributed by atoms with Gasteiger partial charge >= 0.3 is 0 Å². The molecule has 0 aromatic carbocycles. The number of thiazole rings is 1. The zero-order chi connectivity index (χ0) is 12.1. The van der Waals surface area contributed by atoms with E-state index in [0.717, 1.165) is 24.7 Å². The molecular weight excluding hydrogens is 230 g/mol. The molecule has 0 atom stereocenters. The van der Waals surface area contributed by atoms with E-state index in [1.54, 1.807) is 11.3 Å². The monoisotopic (exact) mass is 253 g/mol. The summed E-state index contributed by atoms with van der Waals surface area (Å²) in [5, 5.41) is 6.84. The van der Waals surface area contributed by atoms with Crippen LogP contribution in [0, 0.1) is 12.8 Å². The van der Waals surface area contributed by atoms with Gasteiger partial charge in [0.2, 0.25) is 0 Å². The van der Waals surface area contributed by atoms with Crippen LogP contribution >= 0.6 is 11.3 Å². The van der Waals surface area contributed by atoms with Gasteiger partial charge in [0, 0.05) is 17.6 Å². The van der Waals surface area contributed by atoms with E-state index in [1.807, 2.05) is 0 Å². The molecule has 1 saturated heterocycles. The first-order chi connectivity index (χ1) is 8.28. The predicted molar refractivity (Wildman–Crippen MR) is 73.4 cm³/mol. The fourth-order valence-electron chi connectivity index (χ4n) is 2.40. The molecule has 0 spiro atoms. The third-order valence-corrected chi connectivity index (χ3v) is 4.40. The van der Waals surface area contributed by atoms with E-state index in [2.05, 4.69) is 34.4 Å². The third kappa shape index (κ3) is 4.05. The maximum absolute atomic E-state index is 4.56. The Morgan fingerprint density at radius 3 is 2.82 bits per heavy atom. The quantitative estimate of drug-likeness (QED) is 0.872. The largest absolute Gasteiger partial charge is 0.317 e. The van der Waals surface area contributed by atoms with E-state index in [9.17, 15) is 0 Å². The lowest BCUT2D eigenvalue weighted by Crippen LogP contribution is -2.35. The minimum Gasteiger partial charge on any atom is -0.317 e. The second kappa shape index (κ2) is 6.47. The van der Waals surface area contributed by atoms with E-state index in [1.165, 1.54) is 37.5 Å². The number of aryl methyl sites for hydroxylation is 1. The molecule has 1 fully saturated rings. The van der Waals surface area contributed by atoms with E-state index < -0.39 is 0 Å². The number of aromatic nitrogens is 1. The highest BCUT2D eigenvalue weighted by Crippen LogP contribution is 2.16. The summed E-state index contributed by atoms with van der Waals surface area (Å²) in [4.78, 5) is 7.09. The molecule has 0 amide bonds. The van der Waals surface area contributed by atoms with Crippen LogP contribution in [0.3, 0.4) is 0 Å². The van der Waals surface area contributed by atoms with E-state index >= 15 is 0 Å². The minimum absolute atomic E-state index is 0.872. The molecule has 1 aliphatic heterocycles. The van der Waals surface area contributed by atoms with Crippen molar-refractivity contribution in [2.24, 2.45) is 5.92 Å². The SMILES string of the molecule is CCN(Cc1nc(C)cs1)CC1CCNCC1. The highest BCUT2D eigenvalue weighted by Gasteiger charge is 2.16. The molecule has 1 aromatic rings. The lowest BCUT2D eigenvalue weighted by Gasteiger charge is -2.28. The molecule has 1 aromatic heterocycles. The highest BCUT2D eigenvalue weighted by molar-refractivity contribution is 7.09. The molecule has 0 bridgehead atoms. The lowest BCUT2D eigenvalue weighted by molar-refractivity contribution is 0.207. The molecule has 0 unspecified atom stereocenters. The van der Waals surface area contributed by atoms with Gasteiger partial charge in [0.25, 0.3) is 0 Å². The van der Waals surface area contributed by atoms with E-state index in [4.69, 9.17) is 0 Å². The Balaban J connectivity index is 1.83. The Labute approximate surface area is 108 Å². The zero-order valence-corrected chi connectivity index (χ0v) is 11.7. The van der Waals surface area contributed by atoms with Crippen molar-refractivity contribution in [3.63, 3.8) is 0 Å². The van der Waals surface area contributed by atoms with Gasteiger partial charge in [-0.15, -0.1) is 11.3 Å². The maximum Gasteiger partial charge on any atom is 0.107 e. The molecule has 96 valence electrons. The third-order valence-electron chi connectivity index (χ3n) is 3.45. The first-order valence-electron chi connectivity index (χ1n) is 6.62. The van der Waals surface area contributed by atoms with Crippen LogP contribution in [0.2, 0.25) is 0 Å². The topological polar surface area (TPSA) is 28.2 Å². The van der Waals surface area contributed by atoms with Gasteiger partial charge in [0.1, 0.15) is 5.01 Å². The fourth-order valence-corrected chi connectivity index (χ4v) is 3.21. The summed E-state index contributed by atoms with van der Waals surface area (Å²) >= 11 is 1.79. The molecule has 0 saturated carbocycles. The van der Waals surface area contributed by atoms with Crippen LogP contribution in [0.1, 0.15) is 30.5 Å². The number of hydrogen-bond acceptors (Lipinski definition) is 4. The average Bonchev–Trinajstić information content (AvgIpc) is 2.75. The molecule has 0 aliphatic carbocycles. The molecule has 4 heteroatoms. The summed E-state index contributed by atoms with van der Waals surface area (Å²) in [6, 6.07) is 0. The van der Waals surface area contributed by atoms with Crippen molar-refractivity contribution in [3.05, 3.63) is 16.1 Å². The zero-order valence-electron chi connectivity index (χ0n) is 10.9. The van der Waals surface area contributed by atoms with Crippen molar-refractivity contribution in [1.82, 2.24) is 15.2 Å². The summed E-state index contributed by atoms with van der Waals surface area (Å²) in [5.74, 6) is 0.872. The van der Waals surface area contributed by atoms with Crippen LogP contribution in [0.5, 0.6) is 0 Å². The Kier molecular flexibility index (Phi) is 4.95. The van der Waals surface area contributed by atoms with Crippen molar-refractivity contribution in [3.8, 4) is 0 Å². The van der Waals surface area contributed by atoms with Gasteiger partial charge in [0.15, 0.2) is 0 Å². The number of piperidine rings is 1. The van der Waals surface area contributed by atoms with Crippen LogP contribution < -0.4 is 5.32 Å². The van der Waals surface area contributed by atoms with Crippen molar-refractivity contribution in [2.75, 3.05) is 26.2 Å². The number of nitrogens with zero attached hydrogens (tertiary/aromatic N) is 2. The van der Waals surface area contributed by atoms with Crippen LogP contribution in [-0.4, -0.2) is 36.1 Å². The maximum atomic E-state index is 4.56. The first-order valence-corrected chi connectivity index (χ1v) is 7.50. The predicted octanol–water partition coefficient (Wildman–Crippen LogP) is 2.27. The van der Waals surface area contributed by atoms with E-state index in [0.29, 0.717) is 0 Å². The molecule has 0 radical (unpaired) electrons. The molecule has 1 N–H and O–H groups in total. The van der Waals surface area contributed by atoms with Gasteiger partial charge in [-0.3, -0.25) is 4.90 Å². The second-order valence-corrected chi connectivity index (χ2v) is 5.85. The standard InChI is InChI=1S/C13H23N3S/c1-3-16(8-12-4-6-14-7-5-12)9-13-15-11(2)10-17-13/h10,12,14H,3-9H2,1-2H3. The molecule has 2 heterocycles. The van der Waals surface area contributed by atoms with Gasteiger partial charge in [0.05, 0.1) is 6.54 Å². The molecule has 2 rings (SSSR count). The van der Waals surface area contributed by atoms with Crippen LogP contribution in [0.4, 0.5) is 0 Å². The van der Waals surface area contributed by atoms with Gasteiger partial charge in [-0.25, -0.2) is 4.98 Å². The average molecular weight is 253 g/mol. The van der Waals surface area contributed by atoms with E-state index in [-0.39, 0.29) is 0 Å². The molecule has 17 heavy (non-hydrogen) atoms. The first kappa shape index (κ1) is 13.0.